The van der Waals surface area contributed by atoms with E-state index in [1.807, 2.05) is 0 Å². The standard InChI is InChI=1S/C14H21NO3S2/c1-15(20(2,16)17)9-13-11-7-8-19-14(11)10-5-3-4-6-12(10)18-13/h7-8,10,12-13H,3-6,9H2,1-2H3. The normalized spacial score (nSPS) is 30.1. The fourth-order valence-corrected chi connectivity index (χ4v) is 4.80. The van der Waals surface area contributed by atoms with Gasteiger partial charge in [0.15, 0.2) is 0 Å². The summed E-state index contributed by atoms with van der Waals surface area (Å²) in [4.78, 5) is 1.42. The molecule has 1 fully saturated rings. The number of likely N-dealkylation sites (N-methyl/N-ethyl adjacent to an activating group) is 1. The van der Waals surface area contributed by atoms with Gasteiger partial charge in [0.25, 0.3) is 0 Å². The summed E-state index contributed by atoms with van der Waals surface area (Å²) < 4.78 is 30.9. The number of nitrogens with zero attached hydrogens (tertiary/aromatic N) is 1. The van der Waals surface area contributed by atoms with Gasteiger partial charge >= 0.3 is 0 Å². The van der Waals surface area contributed by atoms with Crippen molar-refractivity contribution in [3.05, 3.63) is 21.9 Å². The van der Waals surface area contributed by atoms with Crippen LogP contribution in [-0.4, -0.2) is 38.7 Å². The number of hydrogen-bond donors (Lipinski definition) is 0. The molecule has 3 atom stereocenters. The summed E-state index contributed by atoms with van der Waals surface area (Å²) in [7, 11) is -1.54. The summed E-state index contributed by atoms with van der Waals surface area (Å²) in [5, 5.41) is 2.11. The van der Waals surface area contributed by atoms with Crippen molar-refractivity contribution in [2.24, 2.45) is 0 Å². The highest BCUT2D eigenvalue weighted by atomic mass is 32.2. The van der Waals surface area contributed by atoms with Gasteiger partial charge in [0.1, 0.15) is 0 Å². The Bertz CT molecular complexity index is 581. The SMILES string of the molecule is CN(CC1OC2CCCCC2c2sccc21)S(C)(=O)=O. The van der Waals surface area contributed by atoms with Crippen molar-refractivity contribution < 1.29 is 13.2 Å². The van der Waals surface area contributed by atoms with E-state index in [4.69, 9.17) is 4.74 Å². The first kappa shape index (κ1) is 14.5. The Hall–Kier alpha value is -0.430. The molecule has 1 aromatic heterocycles. The average Bonchev–Trinajstić information content (AvgIpc) is 2.87. The zero-order valence-electron chi connectivity index (χ0n) is 11.9. The molecule has 20 heavy (non-hydrogen) atoms. The van der Waals surface area contributed by atoms with Crippen LogP contribution in [0.3, 0.4) is 0 Å². The van der Waals surface area contributed by atoms with Crippen molar-refractivity contribution in [2.75, 3.05) is 19.8 Å². The van der Waals surface area contributed by atoms with Gasteiger partial charge in [0, 0.05) is 24.4 Å². The van der Waals surface area contributed by atoms with E-state index in [0.717, 1.165) is 6.42 Å². The number of thiophene rings is 1. The van der Waals surface area contributed by atoms with Crippen LogP contribution in [0.25, 0.3) is 0 Å². The van der Waals surface area contributed by atoms with Gasteiger partial charge in [-0.05, 0) is 29.9 Å². The van der Waals surface area contributed by atoms with Gasteiger partial charge in [-0.3, -0.25) is 0 Å². The van der Waals surface area contributed by atoms with E-state index in [0.29, 0.717) is 12.5 Å². The molecule has 0 aromatic carbocycles. The van der Waals surface area contributed by atoms with Gasteiger partial charge in [-0.1, -0.05) is 12.8 Å². The minimum Gasteiger partial charge on any atom is -0.368 e. The van der Waals surface area contributed by atoms with Crippen LogP contribution in [0, 0.1) is 0 Å². The lowest BCUT2D eigenvalue weighted by Gasteiger charge is -2.40. The highest BCUT2D eigenvalue weighted by Crippen LogP contribution is 2.47. The van der Waals surface area contributed by atoms with E-state index in [2.05, 4.69) is 11.4 Å². The molecule has 6 heteroatoms. The van der Waals surface area contributed by atoms with Crippen molar-refractivity contribution in [1.82, 2.24) is 4.31 Å². The van der Waals surface area contributed by atoms with E-state index in [-0.39, 0.29) is 12.2 Å². The van der Waals surface area contributed by atoms with Gasteiger partial charge in [0.2, 0.25) is 10.0 Å². The Morgan fingerprint density at radius 2 is 2.15 bits per heavy atom. The van der Waals surface area contributed by atoms with Crippen LogP contribution in [0.15, 0.2) is 11.4 Å². The first-order valence-corrected chi connectivity index (χ1v) is 9.83. The summed E-state index contributed by atoms with van der Waals surface area (Å²) >= 11 is 1.80. The lowest BCUT2D eigenvalue weighted by molar-refractivity contribution is -0.0600. The van der Waals surface area contributed by atoms with E-state index in [9.17, 15) is 8.42 Å². The van der Waals surface area contributed by atoms with Gasteiger partial charge in [-0.25, -0.2) is 12.7 Å². The maximum absolute atomic E-state index is 11.6. The quantitative estimate of drug-likeness (QED) is 0.861. The highest BCUT2D eigenvalue weighted by molar-refractivity contribution is 7.88. The Labute approximate surface area is 124 Å². The molecule has 1 aliphatic heterocycles. The second kappa shape index (κ2) is 5.40. The third kappa shape index (κ3) is 2.66. The molecule has 112 valence electrons. The second-order valence-electron chi connectivity index (χ2n) is 5.84. The Morgan fingerprint density at radius 3 is 2.90 bits per heavy atom. The molecule has 1 saturated carbocycles. The lowest BCUT2D eigenvalue weighted by Crippen LogP contribution is -2.38. The monoisotopic (exact) mass is 315 g/mol. The fourth-order valence-electron chi connectivity index (χ4n) is 3.25. The van der Waals surface area contributed by atoms with Crippen molar-refractivity contribution >= 4 is 21.4 Å². The molecule has 0 spiro atoms. The highest BCUT2D eigenvalue weighted by Gasteiger charge is 2.38. The molecule has 2 heterocycles. The molecule has 0 saturated heterocycles. The van der Waals surface area contributed by atoms with Crippen molar-refractivity contribution in [1.29, 1.82) is 0 Å². The number of ether oxygens (including phenoxy) is 1. The van der Waals surface area contributed by atoms with Crippen LogP contribution in [0.1, 0.15) is 48.1 Å². The second-order valence-corrected chi connectivity index (χ2v) is 8.87. The van der Waals surface area contributed by atoms with Crippen LogP contribution in [-0.2, 0) is 14.8 Å². The summed E-state index contributed by atoms with van der Waals surface area (Å²) in [5.41, 5.74) is 1.20. The average molecular weight is 315 g/mol. The molecular formula is C14H21NO3S2. The minimum atomic E-state index is -3.16. The topological polar surface area (TPSA) is 46.6 Å². The Balaban J connectivity index is 1.86. The van der Waals surface area contributed by atoms with Crippen LogP contribution >= 0.6 is 11.3 Å². The fraction of sp³-hybridized carbons (Fsp3) is 0.714. The first-order valence-electron chi connectivity index (χ1n) is 7.11. The van der Waals surface area contributed by atoms with E-state index < -0.39 is 10.0 Å². The summed E-state index contributed by atoms with van der Waals surface area (Å²) in [6, 6.07) is 2.10. The zero-order chi connectivity index (χ0) is 14.3. The van der Waals surface area contributed by atoms with Crippen LogP contribution in [0.5, 0.6) is 0 Å². The van der Waals surface area contributed by atoms with Crippen LogP contribution in [0.2, 0.25) is 0 Å². The van der Waals surface area contributed by atoms with Crippen LogP contribution < -0.4 is 0 Å². The molecule has 1 aliphatic carbocycles. The molecule has 0 bridgehead atoms. The zero-order valence-corrected chi connectivity index (χ0v) is 13.5. The van der Waals surface area contributed by atoms with Gasteiger partial charge in [0.05, 0.1) is 18.5 Å². The van der Waals surface area contributed by atoms with Crippen LogP contribution in [0.4, 0.5) is 0 Å². The molecule has 1 aromatic rings. The molecular weight excluding hydrogens is 294 g/mol. The van der Waals surface area contributed by atoms with E-state index in [1.54, 1.807) is 18.4 Å². The third-order valence-electron chi connectivity index (χ3n) is 4.44. The molecule has 0 amide bonds. The largest absolute Gasteiger partial charge is 0.368 e. The molecule has 0 N–H and O–H groups in total. The molecule has 3 unspecified atom stereocenters. The van der Waals surface area contributed by atoms with E-state index >= 15 is 0 Å². The lowest BCUT2D eigenvalue weighted by atomic mass is 9.81. The molecule has 2 aliphatic rings. The summed E-state index contributed by atoms with van der Waals surface area (Å²) in [5.74, 6) is 0.526. The number of sulfonamides is 1. The number of hydrogen-bond acceptors (Lipinski definition) is 4. The maximum Gasteiger partial charge on any atom is 0.211 e. The van der Waals surface area contributed by atoms with Gasteiger partial charge < -0.3 is 4.74 Å². The van der Waals surface area contributed by atoms with Crippen molar-refractivity contribution in [2.45, 2.75) is 43.8 Å². The van der Waals surface area contributed by atoms with Gasteiger partial charge in [-0.2, -0.15) is 0 Å². The smallest absolute Gasteiger partial charge is 0.211 e. The maximum atomic E-state index is 11.6. The van der Waals surface area contributed by atoms with Crippen molar-refractivity contribution in [3.63, 3.8) is 0 Å². The predicted octanol–water partition coefficient (Wildman–Crippen LogP) is 2.74. The Morgan fingerprint density at radius 1 is 1.40 bits per heavy atom. The first-order chi connectivity index (χ1) is 9.47. The van der Waals surface area contributed by atoms with Gasteiger partial charge in [-0.15, -0.1) is 11.3 Å². The minimum absolute atomic E-state index is 0.115. The third-order valence-corrected chi connectivity index (χ3v) is 6.79. The summed E-state index contributed by atoms with van der Waals surface area (Å²) in [6.45, 7) is 0.409. The molecule has 0 radical (unpaired) electrons. The number of fused-ring (bicyclic) bond motifs is 3. The molecule has 3 rings (SSSR count). The number of rotatable bonds is 3. The summed E-state index contributed by atoms with van der Waals surface area (Å²) in [6.07, 6.45) is 6.19. The Kier molecular flexibility index (Phi) is 3.92. The van der Waals surface area contributed by atoms with Crippen molar-refractivity contribution in [3.8, 4) is 0 Å². The predicted molar refractivity (Wildman–Crippen MR) is 80.6 cm³/mol. The molecule has 4 nitrogen and oxygen atoms in total. The van der Waals surface area contributed by atoms with E-state index in [1.165, 1.54) is 40.3 Å².